The molecule has 0 saturated carbocycles. The van der Waals surface area contributed by atoms with Gasteiger partial charge in [0.15, 0.2) is 0 Å². The van der Waals surface area contributed by atoms with Crippen molar-refractivity contribution in [2.75, 3.05) is 0 Å². The second-order valence-electron chi connectivity index (χ2n) is 3.36. The summed E-state index contributed by atoms with van der Waals surface area (Å²) in [6, 6.07) is 5.30. The van der Waals surface area contributed by atoms with Crippen molar-refractivity contribution in [1.29, 1.82) is 0 Å². The first-order valence-corrected chi connectivity index (χ1v) is 4.08. The lowest BCUT2D eigenvalue weighted by Gasteiger charge is -2.13. The van der Waals surface area contributed by atoms with Gasteiger partial charge in [-0.2, -0.15) is 0 Å². The zero-order valence-electron chi connectivity index (χ0n) is 7.50. The van der Waals surface area contributed by atoms with E-state index in [0.717, 1.165) is 5.56 Å². The highest BCUT2D eigenvalue weighted by atomic mass is 16.6. The molecule has 0 fully saturated rings. The molecule has 0 saturated heterocycles. The van der Waals surface area contributed by atoms with Crippen LogP contribution in [0.3, 0.4) is 0 Å². The van der Waals surface area contributed by atoms with Crippen LogP contribution in [-0.4, -0.2) is 16.7 Å². The monoisotopic (exact) mass is 178 g/mol. The number of aliphatic hydroxyl groups is 1. The predicted molar refractivity (Wildman–Crippen MR) is 46.8 cm³/mol. The number of ketones is 1. The molecular weight excluding hydrogens is 168 g/mol. The Balaban J connectivity index is 2.64. The third-order valence-electron chi connectivity index (χ3n) is 2.19. The van der Waals surface area contributed by atoms with E-state index >= 15 is 0 Å². The summed E-state index contributed by atoms with van der Waals surface area (Å²) in [6.07, 6.45) is 0. The normalized spacial score (nSPS) is 25.6. The lowest BCUT2D eigenvalue weighted by molar-refractivity contribution is -0.0749. The van der Waals surface area contributed by atoms with Gasteiger partial charge in [-0.25, -0.2) is 0 Å². The van der Waals surface area contributed by atoms with E-state index in [1.54, 1.807) is 12.1 Å². The van der Waals surface area contributed by atoms with Crippen molar-refractivity contribution >= 4 is 5.78 Å². The molecule has 68 valence electrons. The average molecular weight is 178 g/mol. The molecule has 1 aliphatic rings. The Bertz CT molecular complexity index is 380. The molecule has 3 nitrogen and oxygen atoms in total. The number of hydrogen-bond donors (Lipinski definition) is 1. The van der Waals surface area contributed by atoms with Crippen LogP contribution in [0.4, 0.5) is 0 Å². The molecule has 0 aromatic heterocycles. The van der Waals surface area contributed by atoms with Crippen molar-refractivity contribution in [1.82, 2.24) is 0 Å². The Hall–Kier alpha value is -1.35. The summed E-state index contributed by atoms with van der Waals surface area (Å²) in [5.74, 6) is -1.58. The summed E-state index contributed by atoms with van der Waals surface area (Å²) in [5.41, 5.74) is 1.33. The number of carbonyl (C=O) groups is 1. The van der Waals surface area contributed by atoms with Gasteiger partial charge in [0.1, 0.15) is 5.75 Å². The maximum atomic E-state index is 11.6. The minimum Gasteiger partial charge on any atom is -0.454 e. The number of rotatable bonds is 0. The van der Waals surface area contributed by atoms with Gasteiger partial charge in [0.2, 0.25) is 5.78 Å². The summed E-state index contributed by atoms with van der Waals surface area (Å²) >= 11 is 0. The van der Waals surface area contributed by atoms with E-state index in [2.05, 4.69) is 0 Å². The van der Waals surface area contributed by atoms with Gasteiger partial charge in [0.05, 0.1) is 5.56 Å². The van der Waals surface area contributed by atoms with Crippen molar-refractivity contribution < 1.29 is 14.6 Å². The Morgan fingerprint density at radius 1 is 1.46 bits per heavy atom. The fraction of sp³-hybridized carbons (Fsp3) is 0.300. The Morgan fingerprint density at radius 2 is 2.15 bits per heavy atom. The molecule has 2 rings (SSSR count). The second-order valence-corrected chi connectivity index (χ2v) is 3.36. The Kier molecular flexibility index (Phi) is 1.48. The van der Waals surface area contributed by atoms with Gasteiger partial charge in [-0.15, -0.1) is 0 Å². The standard InChI is InChI=1S/C10H10O3/c1-6-4-3-5-7-8(6)9(11)10(2,12)13-7/h3-5,12H,1-2H3. The topological polar surface area (TPSA) is 46.5 Å². The lowest BCUT2D eigenvalue weighted by Crippen LogP contribution is -2.35. The number of fused-ring (bicyclic) bond motifs is 1. The first kappa shape index (κ1) is 8.26. The van der Waals surface area contributed by atoms with Crippen molar-refractivity contribution in [3.63, 3.8) is 0 Å². The van der Waals surface area contributed by atoms with Gasteiger partial charge in [0, 0.05) is 6.92 Å². The average Bonchev–Trinajstić information content (AvgIpc) is 2.24. The predicted octanol–water partition coefficient (Wildman–Crippen LogP) is 1.28. The van der Waals surface area contributed by atoms with Crippen LogP contribution in [0.15, 0.2) is 18.2 Å². The molecule has 1 aliphatic heterocycles. The fourth-order valence-corrected chi connectivity index (χ4v) is 1.51. The fourth-order valence-electron chi connectivity index (χ4n) is 1.51. The van der Waals surface area contributed by atoms with Crippen LogP contribution < -0.4 is 4.74 Å². The third kappa shape index (κ3) is 1.04. The number of aryl methyl sites for hydroxylation is 1. The summed E-state index contributed by atoms with van der Waals surface area (Å²) in [7, 11) is 0. The number of hydrogen-bond acceptors (Lipinski definition) is 3. The number of Topliss-reactive ketones (excluding diaryl/α,β-unsaturated/α-hetero) is 1. The maximum Gasteiger partial charge on any atom is 0.270 e. The van der Waals surface area contributed by atoms with Crippen LogP contribution in [0.1, 0.15) is 22.8 Å². The van der Waals surface area contributed by atoms with E-state index in [0.29, 0.717) is 11.3 Å². The molecule has 1 heterocycles. The van der Waals surface area contributed by atoms with Crippen LogP contribution in [0.5, 0.6) is 5.75 Å². The molecule has 1 aromatic carbocycles. The first-order chi connectivity index (χ1) is 6.02. The lowest BCUT2D eigenvalue weighted by atomic mass is 10.0. The van der Waals surface area contributed by atoms with Gasteiger partial charge in [-0.1, -0.05) is 12.1 Å². The number of carbonyl (C=O) groups excluding carboxylic acids is 1. The molecule has 1 aromatic rings. The summed E-state index contributed by atoms with van der Waals surface area (Å²) in [5, 5.41) is 9.54. The largest absolute Gasteiger partial charge is 0.454 e. The van der Waals surface area contributed by atoms with E-state index in [9.17, 15) is 9.90 Å². The third-order valence-corrected chi connectivity index (χ3v) is 2.19. The molecule has 1 atom stereocenters. The minimum absolute atomic E-state index is 0.361. The van der Waals surface area contributed by atoms with Crippen LogP contribution in [0.2, 0.25) is 0 Å². The quantitative estimate of drug-likeness (QED) is 0.651. The van der Waals surface area contributed by atoms with Gasteiger partial charge in [-0.05, 0) is 18.6 Å². The Morgan fingerprint density at radius 3 is 2.77 bits per heavy atom. The number of ether oxygens (including phenoxy) is 1. The Labute approximate surface area is 76.0 Å². The van der Waals surface area contributed by atoms with E-state index in [1.807, 2.05) is 13.0 Å². The van der Waals surface area contributed by atoms with E-state index < -0.39 is 5.79 Å². The maximum absolute atomic E-state index is 11.6. The van der Waals surface area contributed by atoms with Gasteiger partial charge in [0.25, 0.3) is 5.79 Å². The molecule has 0 aliphatic carbocycles. The van der Waals surface area contributed by atoms with E-state index in [-0.39, 0.29) is 5.78 Å². The van der Waals surface area contributed by atoms with Gasteiger partial charge < -0.3 is 9.84 Å². The van der Waals surface area contributed by atoms with Crippen LogP contribution in [-0.2, 0) is 0 Å². The van der Waals surface area contributed by atoms with Crippen LogP contribution >= 0.6 is 0 Å². The molecule has 0 spiro atoms. The summed E-state index contributed by atoms with van der Waals surface area (Å²) in [6.45, 7) is 3.18. The smallest absolute Gasteiger partial charge is 0.270 e. The minimum atomic E-state index is -1.69. The van der Waals surface area contributed by atoms with Crippen LogP contribution in [0, 0.1) is 6.92 Å². The summed E-state index contributed by atoms with van der Waals surface area (Å²) < 4.78 is 5.09. The molecule has 3 heteroatoms. The summed E-state index contributed by atoms with van der Waals surface area (Å²) in [4.78, 5) is 11.6. The second kappa shape index (κ2) is 2.33. The van der Waals surface area contributed by atoms with Crippen molar-refractivity contribution in [3.05, 3.63) is 29.3 Å². The highest BCUT2D eigenvalue weighted by Crippen LogP contribution is 2.35. The molecule has 0 bridgehead atoms. The molecule has 1 N–H and O–H groups in total. The van der Waals surface area contributed by atoms with Gasteiger partial charge >= 0.3 is 0 Å². The molecule has 0 radical (unpaired) electrons. The van der Waals surface area contributed by atoms with Crippen molar-refractivity contribution in [2.24, 2.45) is 0 Å². The van der Waals surface area contributed by atoms with Crippen LogP contribution in [0.25, 0.3) is 0 Å². The van der Waals surface area contributed by atoms with Crippen molar-refractivity contribution in [3.8, 4) is 5.75 Å². The molecular formula is C10H10O3. The van der Waals surface area contributed by atoms with E-state index in [4.69, 9.17) is 4.74 Å². The SMILES string of the molecule is Cc1cccc2c1C(=O)C(C)(O)O2. The van der Waals surface area contributed by atoms with E-state index in [1.165, 1.54) is 6.92 Å². The number of benzene rings is 1. The molecule has 0 amide bonds. The first-order valence-electron chi connectivity index (χ1n) is 4.08. The van der Waals surface area contributed by atoms with Crippen molar-refractivity contribution in [2.45, 2.75) is 19.6 Å². The molecule has 13 heavy (non-hydrogen) atoms. The van der Waals surface area contributed by atoms with Gasteiger partial charge in [-0.3, -0.25) is 4.79 Å². The molecule has 1 unspecified atom stereocenters. The highest BCUT2D eigenvalue weighted by Gasteiger charge is 2.42. The zero-order valence-corrected chi connectivity index (χ0v) is 7.50. The highest BCUT2D eigenvalue weighted by molar-refractivity contribution is 6.07. The zero-order chi connectivity index (χ0) is 9.64.